The van der Waals surface area contributed by atoms with Crippen LogP contribution in [0.3, 0.4) is 0 Å². The Morgan fingerprint density at radius 3 is 2.43 bits per heavy atom. The second kappa shape index (κ2) is 15.6. The van der Waals surface area contributed by atoms with Crippen LogP contribution in [0, 0.1) is 0 Å². The second-order valence-corrected chi connectivity index (χ2v) is 11.4. The molecule has 11 nitrogen and oxygen atoms in total. The van der Waals surface area contributed by atoms with Gasteiger partial charge >= 0.3 is 0 Å². The van der Waals surface area contributed by atoms with Gasteiger partial charge in [-0.05, 0) is 34.2 Å². The molecule has 0 saturated carbocycles. The average Bonchev–Trinajstić information content (AvgIpc) is 3.60. The van der Waals surface area contributed by atoms with Crippen molar-refractivity contribution in [2.45, 2.75) is 62.5 Å². The van der Waals surface area contributed by atoms with Gasteiger partial charge in [0.05, 0.1) is 18.8 Å². The number of aromatic nitrogens is 3. The van der Waals surface area contributed by atoms with Crippen molar-refractivity contribution in [2.75, 3.05) is 5.75 Å². The number of hydrogen-bond donors (Lipinski definition) is 5. The number of aromatic amines is 1. The van der Waals surface area contributed by atoms with E-state index in [4.69, 9.17) is 14.7 Å². The molecule has 0 spiro atoms. The Hall–Kier alpha value is -4.07. The fraction of sp³-hybridized carbons (Fsp3) is 0.312. The number of thioether (sulfide) groups is 1. The van der Waals surface area contributed by atoms with Crippen molar-refractivity contribution in [3.8, 4) is 11.1 Å². The summed E-state index contributed by atoms with van der Waals surface area (Å²) in [6, 6.07) is 23.7. The van der Waals surface area contributed by atoms with Crippen molar-refractivity contribution in [3.63, 3.8) is 0 Å². The highest BCUT2D eigenvalue weighted by molar-refractivity contribution is 7.99. The number of amides is 2. The fourth-order valence-electron chi connectivity index (χ4n) is 4.98. The predicted molar refractivity (Wildman–Crippen MR) is 163 cm³/mol. The Morgan fingerprint density at radius 1 is 0.955 bits per heavy atom. The maximum absolute atomic E-state index is 12.3. The summed E-state index contributed by atoms with van der Waals surface area (Å²) in [4.78, 5) is 27.7. The molecule has 3 atom stereocenters. The molecular formula is C32H35N5O6S. The van der Waals surface area contributed by atoms with Crippen LogP contribution in [0.15, 0.2) is 84.3 Å². The van der Waals surface area contributed by atoms with Crippen LogP contribution in [0.4, 0.5) is 0 Å². The maximum atomic E-state index is 12.3. The van der Waals surface area contributed by atoms with Crippen LogP contribution in [-0.4, -0.2) is 49.2 Å². The van der Waals surface area contributed by atoms with Gasteiger partial charge in [0.1, 0.15) is 6.33 Å². The third-order valence-electron chi connectivity index (χ3n) is 7.33. The quantitative estimate of drug-likeness (QED) is 0.0822. The SMILES string of the molecule is O=C(CCCC(=O)NCc1ccccc1-c1ccc(C2OC(CSc3ncn[nH]3)CC(c3ccc(CO)cc3)O2)cc1)NO. The zero-order chi connectivity index (χ0) is 30.7. The number of carbonyl (C=O) groups is 2. The van der Waals surface area contributed by atoms with Crippen molar-refractivity contribution in [1.82, 2.24) is 26.0 Å². The molecular weight excluding hydrogens is 582 g/mol. The Morgan fingerprint density at radius 2 is 1.70 bits per heavy atom. The van der Waals surface area contributed by atoms with E-state index in [0.717, 1.165) is 38.5 Å². The number of rotatable bonds is 13. The molecule has 230 valence electrons. The highest BCUT2D eigenvalue weighted by Gasteiger charge is 2.32. The zero-order valence-corrected chi connectivity index (χ0v) is 24.8. The lowest BCUT2D eigenvalue weighted by Gasteiger charge is -2.36. The highest BCUT2D eigenvalue weighted by atomic mass is 32.2. The number of ether oxygens (including phenoxy) is 2. The van der Waals surface area contributed by atoms with Gasteiger partial charge in [0, 0.05) is 37.1 Å². The molecule has 5 rings (SSSR count). The van der Waals surface area contributed by atoms with Crippen LogP contribution in [0.2, 0.25) is 0 Å². The van der Waals surface area contributed by atoms with Crippen molar-refractivity contribution in [3.05, 3.63) is 101 Å². The van der Waals surface area contributed by atoms with Gasteiger partial charge in [0.15, 0.2) is 11.4 Å². The Balaban J connectivity index is 1.27. The van der Waals surface area contributed by atoms with Gasteiger partial charge in [-0.2, -0.15) is 5.10 Å². The molecule has 0 radical (unpaired) electrons. The van der Waals surface area contributed by atoms with E-state index in [9.17, 15) is 14.7 Å². The molecule has 3 unspecified atom stereocenters. The van der Waals surface area contributed by atoms with E-state index in [1.165, 1.54) is 6.33 Å². The van der Waals surface area contributed by atoms with E-state index in [1.54, 1.807) is 17.2 Å². The lowest BCUT2D eigenvalue weighted by atomic mass is 9.97. The van der Waals surface area contributed by atoms with Gasteiger partial charge in [-0.3, -0.25) is 19.9 Å². The summed E-state index contributed by atoms with van der Waals surface area (Å²) in [5, 5.41) is 28.5. The van der Waals surface area contributed by atoms with Crippen molar-refractivity contribution < 1.29 is 29.4 Å². The fourth-order valence-corrected chi connectivity index (χ4v) is 5.78. The molecule has 3 aromatic carbocycles. The first kappa shape index (κ1) is 31.4. The van der Waals surface area contributed by atoms with Gasteiger partial charge in [-0.15, -0.1) is 0 Å². The van der Waals surface area contributed by atoms with Crippen LogP contribution < -0.4 is 10.8 Å². The molecule has 1 aliphatic rings. The molecule has 2 amide bonds. The summed E-state index contributed by atoms with van der Waals surface area (Å²) in [6.45, 7) is 0.334. The van der Waals surface area contributed by atoms with Crippen LogP contribution in [0.5, 0.6) is 0 Å². The van der Waals surface area contributed by atoms with E-state index in [-0.39, 0.29) is 37.6 Å². The number of aliphatic hydroxyl groups excluding tert-OH is 1. The number of hydrogen-bond acceptors (Lipinski definition) is 9. The van der Waals surface area contributed by atoms with E-state index < -0.39 is 12.2 Å². The van der Waals surface area contributed by atoms with E-state index in [1.807, 2.05) is 72.8 Å². The van der Waals surface area contributed by atoms with Gasteiger partial charge < -0.3 is 19.9 Å². The predicted octanol–water partition coefficient (Wildman–Crippen LogP) is 4.59. The van der Waals surface area contributed by atoms with Crippen molar-refractivity contribution in [1.29, 1.82) is 0 Å². The van der Waals surface area contributed by atoms with Gasteiger partial charge in [0.2, 0.25) is 11.8 Å². The lowest BCUT2D eigenvalue weighted by Crippen LogP contribution is -2.31. The van der Waals surface area contributed by atoms with Crippen LogP contribution in [-0.2, 0) is 32.2 Å². The molecule has 1 fully saturated rings. The minimum absolute atomic E-state index is 0.0126. The third-order valence-corrected chi connectivity index (χ3v) is 8.34. The maximum Gasteiger partial charge on any atom is 0.243 e. The first-order valence-corrected chi connectivity index (χ1v) is 15.4. The molecule has 0 bridgehead atoms. The smallest absolute Gasteiger partial charge is 0.243 e. The largest absolute Gasteiger partial charge is 0.392 e. The molecule has 1 saturated heterocycles. The number of aliphatic hydroxyl groups is 1. The summed E-state index contributed by atoms with van der Waals surface area (Å²) >= 11 is 1.55. The third kappa shape index (κ3) is 8.52. The minimum atomic E-state index is -0.580. The molecule has 1 aliphatic heterocycles. The Bertz CT molecular complexity index is 1500. The van der Waals surface area contributed by atoms with E-state index in [2.05, 4.69) is 20.5 Å². The summed E-state index contributed by atoms with van der Waals surface area (Å²) < 4.78 is 12.9. The molecule has 0 aliphatic carbocycles. The lowest BCUT2D eigenvalue weighted by molar-refractivity contribution is -0.245. The molecule has 5 N–H and O–H groups in total. The Labute approximate surface area is 259 Å². The normalized spacial score (nSPS) is 18.1. The summed E-state index contributed by atoms with van der Waals surface area (Å²) in [5.41, 5.74) is 7.27. The number of nitrogens with zero attached hydrogens (tertiary/aromatic N) is 2. The molecule has 12 heteroatoms. The highest BCUT2D eigenvalue weighted by Crippen LogP contribution is 2.39. The summed E-state index contributed by atoms with van der Waals surface area (Å²) in [5.74, 6) is -0.000671. The number of carbonyl (C=O) groups excluding carboxylic acids is 2. The first-order chi connectivity index (χ1) is 21.5. The second-order valence-electron chi connectivity index (χ2n) is 10.4. The molecule has 2 heterocycles. The molecule has 44 heavy (non-hydrogen) atoms. The number of benzene rings is 3. The number of hydroxylamine groups is 1. The minimum Gasteiger partial charge on any atom is -0.392 e. The zero-order valence-electron chi connectivity index (χ0n) is 24.0. The van der Waals surface area contributed by atoms with Gasteiger partial charge in [-0.25, -0.2) is 10.5 Å². The summed E-state index contributed by atoms with van der Waals surface area (Å²) in [7, 11) is 0. The molecule has 4 aromatic rings. The van der Waals surface area contributed by atoms with Crippen LogP contribution in [0.25, 0.3) is 11.1 Å². The van der Waals surface area contributed by atoms with Gasteiger partial charge in [0.25, 0.3) is 0 Å². The van der Waals surface area contributed by atoms with E-state index in [0.29, 0.717) is 25.1 Å². The standard InChI is InChI=1S/C32H35N5O6S/c38-18-21-8-10-23(11-9-21)28-16-26(19-44-32-34-20-35-36-32)42-31(43-28)24-14-12-22(13-15-24)27-5-2-1-4-25(27)17-33-29(39)6-3-7-30(40)37-41/h1-2,4-5,8-15,20,26,28,31,38,41H,3,6-7,16-19H2,(H,33,39)(H,37,40)(H,34,35,36). The average molecular weight is 618 g/mol. The van der Waals surface area contributed by atoms with Crippen molar-refractivity contribution in [2.24, 2.45) is 0 Å². The van der Waals surface area contributed by atoms with Gasteiger partial charge in [-0.1, -0.05) is 84.6 Å². The van der Waals surface area contributed by atoms with E-state index >= 15 is 0 Å². The van der Waals surface area contributed by atoms with Crippen molar-refractivity contribution >= 4 is 23.6 Å². The molecule has 1 aromatic heterocycles. The van der Waals surface area contributed by atoms with Crippen LogP contribution in [0.1, 0.15) is 60.3 Å². The number of nitrogens with one attached hydrogen (secondary N) is 3. The number of H-pyrrole nitrogens is 1. The first-order valence-electron chi connectivity index (χ1n) is 14.4. The Kier molecular flexibility index (Phi) is 11.1. The monoisotopic (exact) mass is 617 g/mol. The topological polar surface area (TPSA) is 159 Å². The summed E-state index contributed by atoms with van der Waals surface area (Å²) in [6.07, 6.45) is 1.90. The van der Waals surface area contributed by atoms with Crippen LogP contribution >= 0.6 is 11.8 Å².